The first kappa shape index (κ1) is 24.9. The van der Waals surface area contributed by atoms with Crippen LogP contribution in [0.5, 0.6) is 5.75 Å². The minimum absolute atomic E-state index is 0.212. The molecular formula is C25H25BrFNO4S. The number of hydrogen-bond acceptors (Lipinski definition) is 5. The molecule has 33 heavy (non-hydrogen) atoms. The van der Waals surface area contributed by atoms with Crippen molar-refractivity contribution in [3.63, 3.8) is 0 Å². The highest BCUT2D eigenvalue weighted by molar-refractivity contribution is 9.10. The standard InChI is InChI=1S/C25H25BrFNO4S/c1-13(2)18-11-19(26)14(3)10-20(18)32-12-21(29)28-24-23(25(30)31-5)22(15(4)33-24)16-6-8-17(27)9-7-16/h6-11,13H,12H2,1-5H3,(H,28,29). The van der Waals surface area contributed by atoms with E-state index in [-0.39, 0.29) is 23.9 Å². The molecule has 1 N–H and O–H groups in total. The molecule has 0 saturated heterocycles. The van der Waals surface area contributed by atoms with E-state index < -0.39 is 11.9 Å². The lowest BCUT2D eigenvalue weighted by Crippen LogP contribution is -2.21. The van der Waals surface area contributed by atoms with Crippen LogP contribution in [-0.2, 0) is 9.53 Å². The predicted octanol–water partition coefficient (Wildman–Crippen LogP) is 6.86. The summed E-state index contributed by atoms with van der Waals surface area (Å²) < 4.78 is 25.2. The monoisotopic (exact) mass is 533 g/mol. The largest absolute Gasteiger partial charge is 0.483 e. The van der Waals surface area contributed by atoms with Crippen molar-refractivity contribution < 1.29 is 23.5 Å². The Morgan fingerprint density at radius 2 is 1.82 bits per heavy atom. The van der Waals surface area contributed by atoms with Crippen LogP contribution >= 0.6 is 27.3 Å². The molecule has 0 unspecified atom stereocenters. The van der Waals surface area contributed by atoms with Crippen molar-refractivity contribution in [3.05, 3.63) is 68.3 Å². The number of ether oxygens (including phenoxy) is 2. The Kier molecular flexibility index (Phi) is 7.92. The van der Waals surface area contributed by atoms with E-state index in [0.29, 0.717) is 21.9 Å². The highest BCUT2D eigenvalue weighted by Gasteiger charge is 2.25. The normalized spacial score (nSPS) is 10.9. The van der Waals surface area contributed by atoms with Gasteiger partial charge in [-0.3, -0.25) is 4.79 Å². The Morgan fingerprint density at radius 3 is 2.42 bits per heavy atom. The van der Waals surface area contributed by atoms with Crippen molar-refractivity contribution in [1.82, 2.24) is 0 Å². The van der Waals surface area contributed by atoms with Crippen LogP contribution in [-0.4, -0.2) is 25.6 Å². The molecule has 1 aromatic heterocycles. The second-order valence-electron chi connectivity index (χ2n) is 7.87. The van der Waals surface area contributed by atoms with Gasteiger partial charge in [0.1, 0.15) is 22.1 Å². The molecule has 3 aromatic rings. The third kappa shape index (κ3) is 5.62. The molecule has 3 rings (SSSR count). The zero-order valence-corrected chi connectivity index (χ0v) is 21.4. The third-order valence-electron chi connectivity index (χ3n) is 5.13. The van der Waals surface area contributed by atoms with E-state index in [0.717, 1.165) is 20.5 Å². The minimum atomic E-state index is -0.583. The number of nitrogens with one attached hydrogen (secondary N) is 1. The van der Waals surface area contributed by atoms with Crippen LogP contribution < -0.4 is 10.1 Å². The molecule has 1 heterocycles. The van der Waals surface area contributed by atoms with Crippen molar-refractivity contribution in [1.29, 1.82) is 0 Å². The summed E-state index contributed by atoms with van der Waals surface area (Å²) >= 11 is 4.79. The lowest BCUT2D eigenvalue weighted by atomic mass is 10.0. The Hall–Kier alpha value is -2.71. The molecule has 174 valence electrons. The molecule has 0 aliphatic carbocycles. The number of esters is 1. The second kappa shape index (κ2) is 10.5. The van der Waals surface area contributed by atoms with Crippen molar-refractivity contribution in [2.75, 3.05) is 19.0 Å². The van der Waals surface area contributed by atoms with Crippen LogP contribution in [0.3, 0.4) is 0 Å². The average molecular weight is 534 g/mol. The Bertz CT molecular complexity index is 1190. The molecule has 2 aromatic carbocycles. The Morgan fingerprint density at radius 1 is 1.15 bits per heavy atom. The van der Waals surface area contributed by atoms with Gasteiger partial charge in [-0.1, -0.05) is 41.9 Å². The molecule has 8 heteroatoms. The Labute approximate surface area is 205 Å². The number of carbonyl (C=O) groups is 2. The van der Waals surface area contributed by atoms with Gasteiger partial charge in [0.05, 0.1) is 7.11 Å². The number of anilines is 1. The van der Waals surface area contributed by atoms with E-state index in [1.54, 1.807) is 12.1 Å². The van der Waals surface area contributed by atoms with E-state index in [4.69, 9.17) is 9.47 Å². The molecule has 0 fully saturated rings. The van der Waals surface area contributed by atoms with Crippen LogP contribution in [0, 0.1) is 19.7 Å². The number of halogens is 2. The van der Waals surface area contributed by atoms with E-state index in [2.05, 4.69) is 35.1 Å². The molecular weight excluding hydrogens is 509 g/mol. The van der Waals surface area contributed by atoms with Gasteiger partial charge in [0.15, 0.2) is 6.61 Å². The number of carbonyl (C=O) groups excluding carboxylic acids is 2. The van der Waals surface area contributed by atoms with E-state index in [1.165, 1.54) is 30.6 Å². The van der Waals surface area contributed by atoms with Gasteiger partial charge in [0.2, 0.25) is 0 Å². The first-order chi connectivity index (χ1) is 15.6. The lowest BCUT2D eigenvalue weighted by Gasteiger charge is -2.16. The van der Waals surface area contributed by atoms with E-state index in [9.17, 15) is 14.0 Å². The van der Waals surface area contributed by atoms with Crippen LogP contribution in [0.15, 0.2) is 40.9 Å². The molecule has 0 radical (unpaired) electrons. The Balaban J connectivity index is 1.86. The third-order valence-corrected chi connectivity index (χ3v) is 7.01. The molecule has 0 spiro atoms. The first-order valence-electron chi connectivity index (χ1n) is 10.3. The lowest BCUT2D eigenvalue weighted by molar-refractivity contribution is -0.118. The van der Waals surface area contributed by atoms with Crippen molar-refractivity contribution in [3.8, 4) is 16.9 Å². The molecule has 1 amide bonds. The summed E-state index contributed by atoms with van der Waals surface area (Å²) in [5, 5.41) is 3.15. The highest BCUT2D eigenvalue weighted by atomic mass is 79.9. The van der Waals surface area contributed by atoms with Gasteiger partial charge in [-0.15, -0.1) is 11.3 Å². The van der Waals surface area contributed by atoms with Gasteiger partial charge in [-0.25, -0.2) is 9.18 Å². The molecule has 0 atom stereocenters. The average Bonchev–Trinajstić information content (AvgIpc) is 3.09. The summed E-state index contributed by atoms with van der Waals surface area (Å²) in [4.78, 5) is 26.1. The fourth-order valence-corrected chi connectivity index (χ4v) is 4.89. The maximum absolute atomic E-state index is 13.4. The summed E-state index contributed by atoms with van der Waals surface area (Å²) in [6, 6.07) is 9.73. The number of hydrogen-bond donors (Lipinski definition) is 1. The zero-order valence-electron chi connectivity index (χ0n) is 19.0. The van der Waals surface area contributed by atoms with Crippen molar-refractivity contribution in [2.24, 2.45) is 0 Å². The fourth-order valence-electron chi connectivity index (χ4n) is 3.45. The summed E-state index contributed by atoms with van der Waals surface area (Å²) in [6.45, 7) is 7.68. The number of aryl methyl sites for hydroxylation is 2. The van der Waals surface area contributed by atoms with Crippen molar-refractivity contribution >= 4 is 44.1 Å². The summed E-state index contributed by atoms with van der Waals surface area (Å²) in [5.74, 6) is -0.503. The minimum Gasteiger partial charge on any atom is -0.483 e. The molecule has 0 bridgehead atoms. The molecule has 5 nitrogen and oxygen atoms in total. The molecule has 0 saturated carbocycles. The molecule has 0 aliphatic rings. The quantitative estimate of drug-likeness (QED) is 0.337. The molecule has 0 aliphatic heterocycles. The van der Waals surface area contributed by atoms with E-state index in [1.807, 2.05) is 26.0 Å². The second-order valence-corrected chi connectivity index (χ2v) is 9.95. The van der Waals surface area contributed by atoms with Gasteiger partial charge >= 0.3 is 5.97 Å². The smallest absolute Gasteiger partial charge is 0.341 e. The predicted molar refractivity (Wildman–Crippen MR) is 133 cm³/mol. The van der Waals surface area contributed by atoms with Crippen molar-refractivity contribution in [2.45, 2.75) is 33.6 Å². The van der Waals surface area contributed by atoms with Gasteiger partial charge in [0.25, 0.3) is 5.91 Å². The van der Waals surface area contributed by atoms with E-state index >= 15 is 0 Å². The van der Waals surface area contributed by atoms with Gasteiger partial charge in [0, 0.05) is 14.9 Å². The fraction of sp³-hybridized carbons (Fsp3) is 0.280. The number of rotatable bonds is 7. The number of benzene rings is 2. The van der Waals surface area contributed by atoms with Crippen LogP contribution in [0.1, 0.15) is 46.1 Å². The summed E-state index contributed by atoms with van der Waals surface area (Å²) in [5.41, 5.74) is 3.49. The number of methoxy groups -OCH3 is 1. The van der Waals surface area contributed by atoms with Gasteiger partial charge in [-0.05, 0) is 60.7 Å². The number of thiophene rings is 1. The van der Waals surface area contributed by atoms with Gasteiger partial charge < -0.3 is 14.8 Å². The summed E-state index contributed by atoms with van der Waals surface area (Å²) in [6.07, 6.45) is 0. The summed E-state index contributed by atoms with van der Waals surface area (Å²) in [7, 11) is 1.28. The first-order valence-corrected chi connectivity index (χ1v) is 11.9. The van der Waals surface area contributed by atoms with Crippen LogP contribution in [0.25, 0.3) is 11.1 Å². The number of amides is 1. The topological polar surface area (TPSA) is 64.6 Å². The van der Waals surface area contributed by atoms with Crippen LogP contribution in [0.4, 0.5) is 9.39 Å². The van der Waals surface area contributed by atoms with Crippen LogP contribution in [0.2, 0.25) is 0 Å². The maximum atomic E-state index is 13.4. The highest BCUT2D eigenvalue weighted by Crippen LogP contribution is 2.40. The SMILES string of the molecule is COC(=O)c1c(NC(=O)COc2cc(C)c(Br)cc2C(C)C)sc(C)c1-c1ccc(F)cc1. The maximum Gasteiger partial charge on any atom is 0.341 e. The zero-order chi connectivity index (χ0) is 24.3. The van der Waals surface area contributed by atoms with Gasteiger partial charge in [-0.2, -0.15) is 0 Å².